The summed E-state index contributed by atoms with van der Waals surface area (Å²) in [5.74, 6) is 0.167. The maximum Gasteiger partial charge on any atom is 0.230 e. The third-order valence-electron chi connectivity index (χ3n) is 3.50. The molecular formula is C19H17FN2O2S2. The lowest BCUT2D eigenvalue weighted by Crippen LogP contribution is -2.15. The predicted octanol–water partition coefficient (Wildman–Crippen LogP) is 4.76. The number of amides is 1. The number of carbonyl (C=O) groups excluding carboxylic acids is 1. The van der Waals surface area contributed by atoms with Gasteiger partial charge in [-0.25, -0.2) is 9.37 Å². The molecule has 0 fully saturated rings. The van der Waals surface area contributed by atoms with Gasteiger partial charge in [-0.05, 0) is 42.7 Å². The number of hydrogen-bond donors (Lipinski definition) is 1. The van der Waals surface area contributed by atoms with Crippen LogP contribution < -0.4 is 10.1 Å². The first kappa shape index (κ1) is 18.4. The highest BCUT2D eigenvalue weighted by Crippen LogP contribution is 2.24. The first-order chi connectivity index (χ1) is 12.6. The summed E-state index contributed by atoms with van der Waals surface area (Å²) in [6, 6.07) is 13.5. The molecule has 0 atom stereocenters. The Kier molecular flexibility index (Phi) is 6.25. The van der Waals surface area contributed by atoms with Gasteiger partial charge in [0.05, 0.1) is 17.8 Å². The summed E-state index contributed by atoms with van der Waals surface area (Å²) >= 11 is 3.02. The number of hydrogen-bond acceptors (Lipinski definition) is 5. The maximum absolute atomic E-state index is 12.9. The third kappa shape index (κ3) is 5.06. The van der Waals surface area contributed by atoms with Gasteiger partial charge in [-0.1, -0.05) is 12.1 Å². The molecule has 3 rings (SSSR count). The van der Waals surface area contributed by atoms with Gasteiger partial charge in [0.2, 0.25) is 5.91 Å². The van der Waals surface area contributed by atoms with E-state index in [1.54, 1.807) is 23.9 Å². The second kappa shape index (κ2) is 8.82. The van der Waals surface area contributed by atoms with Gasteiger partial charge in [0.15, 0.2) is 0 Å². The lowest BCUT2D eigenvalue weighted by atomic mass is 10.3. The summed E-state index contributed by atoms with van der Waals surface area (Å²) in [4.78, 5) is 17.7. The molecule has 0 aliphatic carbocycles. The number of nitrogens with zero attached hydrogens (tertiary/aromatic N) is 1. The lowest BCUT2D eigenvalue weighted by molar-refractivity contribution is -0.115. The molecule has 7 heteroatoms. The first-order valence-electron chi connectivity index (χ1n) is 7.88. The zero-order valence-electron chi connectivity index (χ0n) is 14.1. The van der Waals surface area contributed by atoms with E-state index in [2.05, 4.69) is 10.3 Å². The van der Waals surface area contributed by atoms with Crippen LogP contribution in [-0.4, -0.2) is 17.1 Å². The molecule has 1 amide bonds. The number of thioether (sulfide) groups is 1. The fraction of sp³-hybridized carbons (Fsp3) is 0.158. The monoisotopic (exact) mass is 388 g/mol. The first-order valence-corrected chi connectivity index (χ1v) is 9.99. The van der Waals surface area contributed by atoms with E-state index in [0.29, 0.717) is 11.4 Å². The molecule has 0 bridgehead atoms. The molecule has 0 aliphatic heterocycles. The smallest absolute Gasteiger partial charge is 0.230 e. The zero-order chi connectivity index (χ0) is 18.4. The number of thiazole rings is 1. The average Bonchev–Trinajstić information content (AvgIpc) is 3.09. The summed E-state index contributed by atoms with van der Waals surface area (Å²) in [5, 5.41) is 5.54. The second-order valence-electron chi connectivity index (χ2n) is 5.40. The van der Waals surface area contributed by atoms with Gasteiger partial charge in [-0.15, -0.1) is 23.1 Å². The minimum atomic E-state index is -0.303. The fourth-order valence-corrected chi connectivity index (χ4v) is 3.54. The van der Waals surface area contributed by atoms with Crippen LogP contribution in [0.5, 0.6) is 5.75 Å². The van der Waals surface area contributed by atoms with Gasteiger partial charge in [0, 0.05) is 10.3 Å². The molecule has 0 saturated carbocycles. The Balaban J connectivity index is 1.54. The maximum atomic E-state index is 12.9. The van der Waals surface area contributed by atoms with Crippen molar-refractivity contribution in [3.8, 4) is 5.75 Å². The Bertz CT molecular complexity index is 881. The van der Waals surface area contributed by atoms with Crippen LogP contribution in [0.3, 0.4) is 0 Å². The Hall–Kier alpha value is -2.38. The molecule has 26 heavy (non-hydrogen) atoms. The molecule has 0 radical (unpaired) electrons. The standard InChI is InChI=1S/C19H17FN2O2S2/c1-25-17-5-3-2-4-16(17)22-18(23)10-14-12-26-19(21-14)11-24-15-8-6-13(20)7-9-15/h2-9,12H,10-11H2,1H3,(H,22,23). The normalized spacial score (nSPS) is 10.5. The molecule has 4 nitrogen and oxygen atoms in total. The fourth-order valence-electron chi connectivity index (χ4n) is 2.28. The van der Waals surface area contributed by atoms with Crippen LogP contribution in [0.1, 0.15) is 10.7 Å². The van der Waals surface area contributed by atoms with Crippen LogP contribution in [0.2, 0.25) is 0 Å². The van der Waals surface area contributed by atoms with Crippen LogP contribution in [0, 0.1) is 5.82 Å². The molecule has 1 heterocycles. The van der Waals surface area contributed by atoms with Crippen LogP contribution >= 0.6 is 23.1 Å². The Labute approximate surface area is 159 Å². The Morgan fingerprint density at radius 2 is 2.00 bits per heavy atom. The van der Waals surface area contributed by atoms with E-state index in [9.17, 15) is 9.18 Å². The average molecular weight is 388 g/mol. The van der Waals surface area contributed by atoms with E-state index < -0.39 is 0 Å². The van der Waals surface area contributed by atoms with Crippen molar-refractivity contribution in [2.75, 3.05) is 11.6 Å². The van der Waals surface area contributed by atoms with E-state index in [-0.39, 0.29) is 24.8 Å². The van der Waals surface area contributed by atoms with Crippen molar-refractivity contribution >= 4 is 34.7 Å². The number of nitrogens with one attached hydrogen (secondary N) is 1. The molecule has 3 aromatic rings. The highest BCUT2D eigenvalue weighted by Gasteiger charge is 2.10. The third-order valence-corrected chi connectivity index (χ3v) is 5.16. The largest absolute Gasteiger partial charge is 0.486 e. The summed E-state index contributed by atoms with van der Waals surface area (Å²) < 4.78 is 18.4. The van der Waals surface area contributed by atoms with E-state index in [1.165, 1.54) is 23.5 Å². The molecule has 0 spiro atoms. The Morgan fingerprint density at radius 3 is 2.77 bits per heavy atom. The minimum absolute atomic E-state index is 0.109. The van der Waals surface area contributed by atoms with Gasteiger partial charge in [-0.2, -0.15) is 0 Å². The summed E-state index contributed by atoms with van der Waals surface area (Å²) in [6.07, 6.45) is 2.18. The summed E-state index contributed by atoms with van der Waals surface area (Å²) in [7, 11) is 0. The number of para-hydroxylation sites is 1. The van der Waals surface area contributed by atoms with Crippen molar-refractivity contribution < 1.29 is 13.9 Å². The molecule has 0 saturated heterocycles. The number of halogens is 1. The van der Waals surface area contributed by atoms with Crippen LogP contribution in [0.15, 0.2) is 58.8 Å². The number of aromatic nitrogens is 1. The number of benzene rings is 2. The van der Waals surface area contributed by atoms with Crippen molar-refractivity contribution in [1.29, 1.82) is 0 Å². The van der Waals surface area contributed by atoms with E-state index in [1.807, 2.05) is 35.9 Å². The van der Waals surface area contributed by atoms with Crippen molar-refractivity contribution in [3.63, 3.8) is 0 Å². The number of anilines is 1. The Morgan fingerprint density at radius 1 is 1.23 bits per heavy atom. The van der Waals surface area contributed by atoms with Crippen LogP contribution in [-0.2, 0) is 17.8 Å². The zero-order valence-corrected chi connectivity index (χ0v) is 15.7. The van der Waals surface area contributed by atoms with Gasteiger partial charge in [-0.3, -0.25) is 4.79 Å². The highest BCUT2D eigenvalue weighted by molar-refractivity contribution is 7.98. The molecule has 0 aliphatic rings. The SMILES string of the molecule is CSc1ccccc1NC(=O)Cc1csc(COc2ccc(F)cc2)n1. The van der Waals surface area contributed by atoms with Gasteiger partial charge in [0.1, 0.15) is 23.2 Å². The van der Waals surface area contributed by atoms with Crippen molar-refractivity contribution in [1.82, 2.24) is 4.98 Å². The van der Waals surface area contributed by atoms with Gasteiger partial charge < -0.3 is 10.1 Å². The number of carbonyl (C=O) groups is 1. The van der Waals surface area contributed by atoms with Crippen molar-refractivity contribution in [2.45, 2.75) is 17.9 Å². The topological polar surface area (TPSA) is 51.2 Å². The second-order valence-corrected chi connectivity index (χ2v) is 7.19. The lowest BCUT2D eigenvalue weighted by Gasteiger charge is -2.08. The summed E-state index contributed by atoms with van der Waals surface area (Å²) in [6.45, 7) is 0.285. The number of rotatable bonds is 7. The number of ether oxygens (including phenoxy) is 1. The molecule has 0 unspecified atom stereocenters. The van der Waals surface area contributed by atoms with Crippen molar-refractivity contribution in [2.24, 2.45) is 0 Å². The van der Waals surface area contributed by atoms with Crippen LogP contribution in [0.25, 0.3) is 0 Å². The molecule has 1 aromatic heterocycles. The molecular weight excluding hydrogens is 371 g/mol. The quantitative estimate of drug-likeness (QED) is 0.593. The van der Waals surface area contributed by atoms with Gasteiger partial charge >= 0.3 is 0 Å². The van der Waals surface area contributed by atoms with E-state index in [4.69, 9.17) is 4.74 Å². The van der Waals surface area contributed by atoms with E-state index >= 15 is 0 Å². The summed E-state index contributed by atoms with van der Waals surface area (Å²) in [5.41, 5.74) is 1.51. The van der Waals surface area contributed by atoms with Gasteiger partial charge in [0.25, 0.3) is 0 Å². The predicted molar refractivity (Wildman–Crippen MR) is 103 cm³/mol. The van der Waals surface area contributed by atoms with E-state index in [0.717, 1.165) is 15.6 Å². The molecule has 2 aromatic carbocycles. The molecule has 1 N–H and O–H groups in total. The van der Waals surface area contributed by atoms with Crippen molar-refractivity contribution in [3.05, 3.63) is 70.4 Å². The van der Waals surface area contributed by atoms with Crippen LogP contribution in [0.4, 0.5) is 10.1 Å². The highest BCUT2D eigenvalue weighted by atomic mass is 32.2. The molecule has 134 valence electrons. The minimum Gasteiger partial charge on any atom is -0.486 e.